The molecule has 0 unspecified atom stereocenters. The van der Waals surface area contributed by atoms with E-state index in [0.29, 0.717) is 34.0 Å². The number of aliphatic hydroxyl groups is 1. The van der Waals surface area contributed by atoms with Crippen LogP contribution in [0.1, 0.15) is 113 Å². The number of rotatable bonds is 5. The van der Waals surface area contributed by atoms with Crippen LogP contribution in [-0.2, 0) is 0 Å². The zero-order valence-electron chi connectivity index (χ0n) is 21.7. The molecule has 31 heavy (non-hydrogen) atoms. The topological polar surface area (TPSA) is 20.2 Å². The molecule has 2 saturated carbocycles. The van der Waals surface area contributed by atoms with Crippen LogP contribution >= 0.6 is 0 Å². The van der Waals surface area contributed by atoms with Crippen molar-refractivity contribution in [3.8, 4) is 0 Å². The van der Waals surface area contributed by atoms with Crippen LogP contribution in [0.2, 0.25) is 0 Å². The quantitative estimate of drug-likeness (QED) is 0.438. The van der Waals surface area contributed by atoms with Crippen molar-refractivity contribution >= 4 is 0 Å². The molecule has 0 bridgehead atoms. The minimum absolute atomic E-state index is 0.0806. The van der Waals surface area contributed by atoms with Gasteiger partial charge in [-0.05, 0) is 117 Å². The van der Waals surface area contributed by atoms with E-state index in [4.69, 9.17) is 0 Å². The highest BCUT2D eigenvalue weighted by Crippen LogP contribution is 2.71. The molecule has 1 N–H and O–H groups in total. The van der Waals surface area contributed by atoms with Gasteiger partial charge in [0, 0.05) is 0 Å². The Morgan fingerprint density at radius 3 is 2.39 bits per heavy atom. The number of allylic oxidation sites excluding steroid dienone is 3. The van der Waals surface area contributed by atoms with E-state index in [1.54, 1.807) is 0 Å². The van der Waals surface area contributed by atoms with Crippen molar-refractivity contribution in [2.75, 3.05) is 0 Å². The van der Waals surface area contributed by atoms with E-state index in [9.17, 15) is 5.11 Å². The monoisotopic (exact) mass is 426 g/mol. The maximum absolute atomic E-state index is 10.6. The number of fused-ring (bicyclic) bond motifs is 4. The Kier molecular flexibility index (Phi) is 6.11. The van der Waals surface area contributed by atoms with Crippen LogP contribution in [0.15, 0.2) is 23.3 Å². The summed E-state index contributed by atoms with van der Waals surface area (Å²) < 4.78 is 0. The molecule has 0 aromatic carbocycles. The van der Waals surface area contributed by atoms with Gasteiger partial charge in [-0.1, -0.05) is 64.8 Å². The van der Waals surface area contributed by atoms with E-state index in [0.717, 1.165) is 18.3 Å². The van der Waals surface area contributed by atoms with Gasteiger partial charge in [-0.3, -0.25) is 0 Å². The number of hydrogen-bond donors (Lipinski definition) is 1. The predicted octanol–water partition coefficient (Wildman–Crippen LogP) is 8.34. The van der Waals surface area contributed by atoms with Crippen LogP contribution in [0.25, 0.3) is 0 Å². The van der Waals surface area contributed by atoms with Gasteiger partial charge in [-0.2, -0.15) is 0 Å². The van der Waals surface area contributed by atoms with E-state index in [1.807, 2.05) is 11.1 Å². The summed E-state index contributed by atoms with van der Waals surface area (Å²) in [4.78, 5) is 0. The third kappa shape index (κ3) is 3.43. The molecular weight excluding hydrogens is 376 g/mol. The van der Waals surface area contributed by atoms with Crippen molar-refractivity contribution < 1.29 is 5.11 Å². The van der Waals surface area contributed by atoms with Crippen molar-refractivity contribution in [1.82, 2.24) is 0 Å². The standard InChI is InChI=1S/C30H50O/c1-19(2)20(3)9-10-21(4)23-13-17-30(8)26-12-11-24-22(5)27(31)15-16-28(24,6)25(26)14-18-29(23,30)7/h20-24,27,31H,1,9-18H2,2-8H3/t20-,21-,22+,23-,24-,27+,28+,29-,30+/m1/s1. The van der Waals surface area contributed by atoms with Crippen LogP contribution in [0.3, 0.4) is 0 Å². The molecule has 1 nitrogen and oxygen atoms in total. The third-order valence-corrected chi connectivity index (χ3v) is 12.0. The summed E-state index contributed by atoms with van der Waals surface area (Å²) in [5, 5.41) is 10.6. The molecule has 0 radical (unpaired) electrons. The lowest BCUT2D eigenvalue weighted by atomic mass is 9.45. The van der Waals surface area contributed by atoms with Gasteiger partial charge in [0.15, 0.2) is 0 Å². The zero-order chi connectivity index (χ0) is 22.8. The summed E-state index contributed by atoms with van der Waals surface area (Å²) in [6.45, 7) is 21.5. The fraction of sp³-hybridized carbons (Fsp3) is 0.867. The second-order valence-corrected chi connectivity index (χ2v) is 13.2. The first kappa shape index (κ1) is 23.6. The molecule has 0 amide bonds. The summed E-state index contributed by atoms with van der Waals surface area (Å²) in [6, 6.07) is 0. The van der Waals surface area contributed by atoms with Crippen LogP contribution in [0.5, 0.6) is 0 Å². The van der Waals surface area contributed by atoms with Crippen molar-refractivity contribution in [3.63, 3.8) is 0 Å². The average molecular weight is 427 g/mol. The SMILES string of the molecule is C=C(C)[C@H](C)CC[C@@H](C)[C@H]1CC[C@@]2(C)C3=C(CC[C@]12C)[C@@]1(C)CC[C@H](O)[C@@H](C)[C@H]1CC3. The Morgan fingerprint density at radius 2 is 1.71 bits per heavy atom. The molecular formula is C30H50O. The van der Waals surface area contributed by atoms with E-state index in [-0.39, 0.29) is 6.10 Å². The highest BCUT2D eigenvalue weighted by atomic mass is 16.3. The lowest BCUT2D eigenvalue weighted by Gasteiger charge is -2.60. The summed E-state index contributed by atoms with van der Waals surface area (Å²) >= 11 is 0. The highest BCUT2D eigenvalue weighted by molar-refractivity contribution is 5.38. The first-order valence-corrected chi connectivity index (χ1v) is 13.5. The van der Waals surface area contributed by atoms with Crippen molar-refractivity contribution in [3.05, 3.63) is 23.3 Å². The van der Waals surface area contributed by atoms with E-state index < -0.39 is 0 Å². The first-order chi connectivity index (χ1) is 14.5. The molecule has 4 rings (SSSR count). The van der Waals surface area contributed by atoms with Crippen LogP contribution < -0.4 is 0 Å². The molecule has 0 aromatic heterocycles. The van der Waals surface area contributed by atoms with Gasteiger partial charge in [0.1, 0.15) is 0 Å². The molecule has 0 aliphatic heterocycles. The van der Waals surface area contributed by atoms with E-state index in [1.165, 1.54) is 63.4 Å². The molecule has 1 heteroatoms. The highest BCUT2D eigenvalue weighted by Gasteiger charge is 2.62. The summed E-state index contributed by atoms with van der Waals surface area (Å²) in [7, 11) is 0. The summed E-state index contributed by atoms with van der Waals surface area (Å²) in [5.74, 6) is 3.47. The van der Waals surface area contributed by atoms with Crippen LogP contribution in [-0.4, -0.2) is 11.2 Å². The molecule has 0 spiro atoms. The Balaban J connectivity index is 1.60. The molecule has 0 saturated heterocycles. The minimum atomic E-state index is -0.0806. The summed E-state index contributed by atoms with van der Waals surface area (Å²) in [5.41, 5.74) is 6.28. The van der Waals surface area contributed by atoms with Gasteiger partial charge in [-0.25, -0.2) is 0 Å². The average Bonchev–Trinajstić information content (AvgIpc) is 3.00. The van der Waals surface area contributed by atoms with Crippen molar-refractivity contribution in [2.24, 2.45) is 45.8 Å². The molecule has 2 fully saturated rings. The Hall–Kier alpha value is -0.560. The third-order valence-electron chi connectivity index (χ3n) is 12.0. The van der Waals surface area contributed by atoms with Crippen LogP contribution in [0.4, 0.5) is 0 Å². The Bertz CT molecular complexity index is 748. The Morgan fingerprint density at radius 1 is 1.00 bits per heavy atom. The maximum Gasteiger partial charge on any atom is 0.0569 e. The Labute approximate surface area is 193 Å². The second-order valence-electron chi connectivity index (χ2n) is 13.2. The van der Waals surface area contributed by atoms with Gasteiger partial charge in [-0.15, -0.1) is 0 Å². The fourth-order valence-corrected chi connectivity index (χ4v) is 9.21. The fourth-order valence-electron chi connectivity index (χ4n) is 9.21. The lowest BCUT2D eigenvalue weighted by molar-refractivity contribution is -0.0413. The molecule has 0 aromatic rings. The molecule has 4 aliphatic carbocycles. The predicted molar refractivity (Wildman–Crippen MR) is 133 cm³/mol. The first-order valence-electron chi connectivity index (χ1n) is 13.5. The molecule has 176 valence electrons. The van der Waals surface area contributed by atoms with E-state index >= 15 is 0 Å². The van der Waals surface area contributed by atoms with Crippen molar-refractivity contribution in [1.29, 1.82) is 0 Å². The number of hydrogen-bond acceptors (Lipinski definition) is 1. The van der Waals surface area contributed by atoms with Gasteiger partial charge in [0.25, 0.3) is 0 Å². The van der Waals surface area contributed by atoms with E-state index in [2.05, 4.69) is 55.0 Å². The minimum Gasteiger partial charge on any atom is -0.393 e. The molecule has 0 heterocycles. The zero-order valence-corrected chi connectivity index (χ0v) is 21.7. The normalized spacial score (nSPS) is 46.7. The largest absolute Gasteiger partial charge is 0.393 e. The lowest BCUT2D eigenvalue weighted by Crippen LogP contribution is -2.51. The summed E-state index contributed by atoms with van der Waals surface area (Å²) in [6.07, 6.45) is 12.9. The maximum atomic E-state index is 10.6. The van der Waals surface area contributed by atoms with Gasteiger partial charge in [0.05, 0.1) is 6.10 Å². The second kappa shape index (κ2) is 8.03. The molecule has 4 aliphatic rings. The van der Waals surface area contributed by atoms with Crippen LogP contribution in [0, 0.1) is 45.8 Å². The van der Waals surface area contributed by atoms with Crippen molar-refractivity contribution in [2.45, 2.75) is 119 Å². The van der Waals surface area contributed by atoms with Gasteiger partial charge < -0.3 is 5.11 Å². The smallest absolute Gasteiger partial charge is 0.0569 e. The molecule has 9 atom stereocenters. The number of aliphatic hydroxyl groups excluding tert-OH is 1. The van der Waals surface area contributed by atoms with Gasteiger partial charge in [0.2, 0.25) is 0 Å². The van der Waals surface area contributed by atoms with Gasteiger partial charge >= 0.3 is 0 Å².